The van der Waals surface area contributed by atoms with Gasteiger partial charge in [-0.3, -0.25) is 4.79 Å². The van der Waals surface area contributed by atoms with Crippen molar-refractivity contribution in [3.63, 3.8) is 0 Å². The number of hydrogen-bond donors (Lipinski definition) is 2. The summed E-state index contributed by atoms with van der Waals surface area (Å²) in [4.78, 5) is 39.0. The minimum absolute atomic E-state index is 0.0750. The number of alkyl carbamates (subject to hydrolysis) is 1. The van der Waals surface area contributed by atoms with Crippen molar-refractivity contribution in [1.29, 1.82) is 0 Å². The Labute approximate surface area is 207 Å². The molecule has 0 spiro atoms. The average Bonchev–Trinajstić information content (AvgIpc) is 3.18. The van der Waals surface area contributed by atoms with Crippen LogP contribution in [0, 0.1) is 0 Å². The van der Waals surface area contributed by atoms with E-state index in [2.05, 4.69) is 17.4 Å². The number of rotatable bonds is 8. The number of amides is 2. The molecule has 180 valence electrons. The molecule has 0 radical (unpaired) electrons. The van der Waals surface area contributed by atoms with Gasteiger partial charge in [0, 0.05) is 24.0 Å². The first kappa shape index (κ1) is 24.5. The van der Waals surface area contributed by atoms with Crippen molar-refractivity contribution in [3.05, 3.63) is 59.7 Å². The highest BCUT2D eigenvalue weighted by Crippen LogP contribution is 2.44. The second-order valence-electron chi connectivity index (χ2n) is 8.26. The Bertz CT molecular complexity index is 1020. The van der Waals surface area contributed by atoms with E-state index in [0.29, 0.717) is 30.2 Å². The predicted octanol–water partition coefficient (Wildman–Crippen LogP) is 3.68. The molecule has 2 aliphatic rings. The molecule has 1 aliphatic carbocycles. The van der Waals surface area contributed by atoms with Gasteiger partial charge in [0.2, 0.25) is 5.91 Å². The van der Waals surface area contributed by atoms with Crippen molar-refractivity contribution < 1.29 is 24.2 Å². The molecule has 2 amide bonds. The van der Waals surface area contributed by atoms with Gasteiger partial charge >= 0.3 is 12.1 Å². The number of carbonyl (C=O) groups is 3. The van der Waals surface area contributed by atoms with Gasteiger partial charge in [-0.05, 0) is 40.7 Å². The molecule has 2 N–H and O–H groups in total. The monoisotopic (exact) mass is 500 g/mol. The van der Waals surface area contributed by atoms with Crippen molar-refractivity contribution in [1.82, 2.24) is 10.2 Å². The summed E-state index contributed by atoms with van der Waals surface area (Å²) in [7, 11) is 0. The fourth-order valence-corrected chi connectivity index (χ4v) is 6.06. The van der Waals surface area contributed by atoms with Crippen LogP contribution in [-0.2, 0) is 14.3 Å². The summed E-state index contributed by atoms with van der Waals surface area (Å²) in [6.45, 7) is 0.504. The molecule has 1 saturated heterocycles. The molecule has 2 aromatic rings. The van der Waals surface area contributed by atoms with E-state index in [9.17, 15) is 19.5 Å². The second-order valence-corrected chi connectivity index (χ2v) is 10.4. The maximum Gasteiger partial charge on any atom is 0.407 e. The molecule has 7 nitrogen and oxygen atoms in total. The fraction of sp³-hybridized carbons (Fsp3) is 0.400. The van der Waals surface area contributed by atoms with Crippen molar-refractivity contribution in [3.8, 4) is 11.1 Å². The predicted molar refractivity (Wildman–Crippen MR) is 135 cm³/mol. The van der Waals surface area contributed by atoms with Crippen LogP contribution in [0.5, 0.6) is 0 Å². The zero-order valence-electron chi connectivity index (χ0n) is 18.9. The lowest BCUT2D eigenvalue weighted by Crippen LogP contribution is -2.57. The van der Waals surface area contributed by atoms with Crippen LogP contribution in [0.4, 0.5) is 4.79 Å². The number of benzene rings is 2. The Balaban J connectivity index is 1.44. The second kappa shape index (κ2) is 11.2. The van der Waals surface area contributed by atoms with E-state index in [4.69, 9.17) is 4.74 Å². The molecule has 1 unspecified atom stereocenters. The third-order valence-corrected chi connectivity index (χ3v) is 7.91. The van der Waals surface area contributed by atoms with Gasteiger partial charge in [-0.1, -0.05) is 48.5 Å². The van der Waals surface area contributed by atoms with Gasteiger partial charge in [0.15, 0.2) is 0 Å². The number of ether oxygens (including phenoxy) is 1. The normalized spacial score (nSPS) is 18.0. The molecule has 1 heterocycles. The maximum atomic E-state index is 13.2. The van der Waals surface area contributed by atoms with Gasteiger partial charge in [0.1, 0.15) is 18.7 Å². The summed E-state index contributed by atoms with van der Waals surface area (Å²) in [6, 6.07) is 14.5. The molecule has 1 aliphatic heterocycles. The first-order valence-corrected chi connectivity index (χ1v) is 13.8. The number of hydrogen-bond acceptors (Lipinski definition) is 6. The average molecular weight is 501 g/mol. The fourth-order valence-electron chi connectivity index (χ4n) is 4.55. The van der Waals surface area contributed by atoms with Crippen molar-refractivity contribution in [2.45, 2.75) is 24.4 Å². The van der Waals surface area contributed by atoms with Crippen LogP contribution in [0.1, 0.15) is 23.5 Å². The van der Waals surface area contributed by atoms with Gasteiger partial charge < -0.3 is 20.1 Å². The molecule has 34 heavy (non-hydrogen) atoms. The Kier molecular flexibility index (Phi) is 8.05. The number of carboxylic acids is 1. The lowest BCUT2D eigenvalue weighted by molar-refractivity contribution is -0.150. The number of carboxylic acid groups (broad SMARTS) is 1. The van der Waals surface area contributed by atoms with E-state index in [1.54, 1.807) is 11.8 Å². The lowest BCUT2D eigenvalue weighted by atomic mass is 9.98. The van der Waals surface area contributed by atoms with Crippen LogP contribution < -0.4 is 5.32 Å². The largest absolute Gasteiger partial charge is 0.480 e. The van der Waals surface area contributed by atoms with E-state index in [0.717, 1.165) is 22.3 Å². The first-order valence-electron chi connectivity index (χ1n) is 11.2. The van der Waals surface area contributed by atoms with Gasteiger partial charge in [0.05, 0.1) is 0 Å². The van der Waals surface area contributed by atoms with Crippen molar-refractivity contribution >= 4 is 41.5 Å². The smallest absolute Gasteiger partial charge is 0.407 e. The Morgan fingerprint density at radius 1 is 1.15 bits per heavy atom. The highest BCUT2D eigenvalue weighted by molar-refractivity contribution is 7.99. The molecule has 9 heteroatoms. The highest BCUT2D eigenvalue weighted by atomic mass is 32.2. The van der Waals surface area contributed by atoms with Crippen molar-refractivity contribution in [2.24, 2.45) is 0 Å². The van der Waals surface area contributed by atoms with Gasteiger partial charge in [-0.25, -0.2) is 9.59 Å². The van der Waals surface area contributed by atoms with E-state index in [1.807, 2.05) is 42.7 Å². The number of thioether (sulfide) groups is 2. The summed E-state index contributed by atoms with van der Waals surface area (Å²) in [5, 5.41) is 12.3. The minimum Gasteiger partial charge on any atom is -0.480 e. The Morgan fingerprint density at radius 3 is 2.41 bits per heavy atom. The molecule has 2 aromatic carbocycles. The summed E-state index contributed by atoms with van der Waals surface area (Å²) in [5.41, 5.74) is 4.51. The van der Waals surface area contributed by atoms with Crippen LogP contribution >= 0.6 is 23.5 Å². The topological polar surface area (TPSA) is 95.9 Å². The first-order chi connectivity index (χ1) is 16.5. The summed E-state index contributed by atoms with van der Waals surface area (Å²) >= 11 is 3.08. The van der Waals surface area contributed by atoms with Crippen LogP contribution in [-0.4, -0.2) is 76.7 Å². The molecule has 2 atom stereocenters. The summed E-state index contributed by atoms with van der Waals surface area (Å²) in [6.07, 6.45) is 1.66. The van der Waals surface area contributed by atoms with E-state index >= 15 is 0 Å². The summed E-state index contributed by atoms with van der Waals surface area (Å²) in [5.74, 6) is 0.215. The van der Waals surface area contributed by atoms with Gasteiger partial charge in [0.25, 0.3) is 0 Å². The maximum absolute atomic E-state index is 13.2. The molecule has 4 rings (SSSR count). The van der Waals surface area contributed by atoms with Gasteiger partial charge in [-0.2, -0.15) is 23.5 Å². The number of nitrogens with zero attached hydrogens (tertiary/aromatic N) is 1. The highest BCUT2D eigenvalue weighted by Gasteiger charge is 2.36. The SMILES string of the molecule is CSCC[C@@H](NC(=O)OCC1c2ccccc2-c2ccccc21)C(=O)N1CCSCC1C(=O)O. The van der Waals surface area contributed by atoms with Crippen LogP contribution in [0.2, 0.25) is 0 Å². The van der Waals surface area contributed by atoms with Crippen LogP contribution in [0.15, 0.2) is 48.5 Å². The zero-order chi connectivity index (χ0) is 24.1. The molecule has 0 saturated carbocycles. The van der Waals surface area contributed by atoms with Crippen molar-refractivity contribution in [2.75, 3.05) is 36.7 Å². The van der Waals surface area contributed by atoms with E-state index in [1.165, 1.54) is 16.7 Å². The number of fused-ring (bicyclic) bond motifs is 3. The van der Waals surface area contributed by atoms with E-state index in [-0.39, 0.29) is 18.4 Å². The molecular formula is C25H28N2O5S2. The standard InChI is InChI=1S/C25H28N2O5S2/c1-33-12-10-21(23(28)27-11-13-34-15-22(27)24(29)30)26-25(31)32-14-20-18-8-4-2-6-16(18)17-7-3-5-9-19(17)20/h2-9,20-22H,10-15H2,1H3,(H,26,31)(H,29,30)/t21-,22?/m1/s1. The quantitative estimate of drug-likeness (QED) is 0.571. The number of aliphatic carboxylic acids is 1. The minimum atomic E-state index is -1.02. The lowest BCUT2D eigenvalue weighted by Gasteiger charge is -2.35. The van der Waals surface area contributed by atoms with Crippen LogP contribution in [0.3, 0.4) is 0 Å². The zero-order valence-corrected chi connectivity index (χ0v) is 20.6. The van der Waals surface area contributed by atoms with Gasteiger partial charge in [-0.15, -0.1) is 0 Å². The number of carbonyl (C=O) groups excluding carboxylic acids is 2. The van der Waals surface area contributed by atoms with E-state index < -0.39 is 24.1 Å². The third kappa shape index (κ3) is 5.20. The third-order valence-electron chi connectivity index (χ3n) is 6.24. The Morgan fingerprint density at radius 2 is 1.79 bits per heavy atom. The van der Waals surface area contributed by atoms with Crippen LogP contribution in [0.25, 0.3) is 11.1 Å². The Hall–Kier alpha value is -2.65. The number of nitrogens with one attached hydrogen (secondary N) is 1. The summed E-state index contributed by atoms with van der Waals surface area (Å²) < 4.78 is 5.61. The molecule has 0 bridgehead atoms. The molecule has 0 aromatic heterocycles. The molecular weight excluding hydrogens is 472 g/mol. The molecule has 1 fully saturated rings.